The van der Waals surface area contributed by atoms with Crippen LogP contribution in [0, 0.1) is 11.8 Å². The first kappa shape index (κ1) is 15.5. The number of benzene rings is 1. The van der Waals surface area contributed by atoms with E-state index >= 15 is 0 Å². The van der Waals surface area contributed by atoms with Crippen molar-refractivity contribution in [2.75, 3.05) is 18.8 Å². The van der Waals surface area contributed by atoms with Crippen molar-refractivity contribution in [3.8, 4) is 0 Å². The van der Waals surface area contributed by atoms with Gasteiger partial charge in [0.1, 0.15) is 0 Å². The largest absolute Gasteiger partial charge is 0.330 e. The highest BCUT2D eigenvalue weighted by Gasteiger charge is 2.21. The van der Waals surface area contributed by atoms with Crippen LogP contribution >= 0.6 is 11.8 Å². The number of rotatable bonds is 7. The van der Waals surface area contributed by atoms with Crippen LogP contribution in [0.1, 0.15) is 32.3 Å². The molecule has 4 N–H and O–H groups in total. The Hall–Kier alpha value is -0.510. The molecule has 0 radical (unpaired) electrons. The molecule has 0 aliphatic heterocycles. The lowest BCUT2D eigenvalue weighted by molar-refractivity contribution is 0.328. The second-order valence-corrected chi connectivity index (χ2v) is 6.22. The van der Waals surface area contributed by atoms with E-state index in [2.05, 4.69) is 45.0 Å². The van der Waals surface area contributed by atoms with E-state index in [1.807, 2.05) is 11.8 Å². The van der Waals surface area contributed by atoms with Crippen molar-refractivity contribution in [2.24, 2.45) is 23.3 Å². The molecule has 2 atom stereocenters. The summed E-state index contributed by atoms with van der Waals surface area (Å²) in [5.41, 5.74) is 12.9. The summed E-state index contributed by atoms with van der Waals surface area (Å²) in [6.45, 7) is 8.04. The fraction of sp³-hybridized carbons (Fsp3) is 0.600. The number of thioether (sulfide) groups is 1. The highest BCUT2D eigenvalue weighted by molar-refractivity contribution is 7.99. The van der Waals surface area contributed by atoms with Gasteiger partial charge in [-0.2, -0.15) is 0 Å². The van der Waals surface area contributed by atoms with Gasteiger partial charge in [0.15, 0.2) is 0 Å². The third-order valence-corrected chi connectivity index (χ3v) is 4.75. The Morgan fingerprint density at radius 1 is 1.06 bits per heavy atom. The average molecular weight is 266 g/mol. The van der Waals surface area contributed by atoms with E-state index in [-0.39, 0.29) is 0 Å². The van der Waals surface area contributed by atoms with Gasteiger partial charge in [0.2, 0.25) is 0 Å². The van der Waals surface area contributed by atoms with Gasteiger partial charge in [-0.25, -0.2) is 0 Å². The normalized spacial score (nSPS) is 14.8. The van der Waals surface area contributed by atoms with E-state index in [0.29, 0.717) is 30.8 Å². The van der Waals surface area contributed by atoms with Crippen molar-refractivity contribution in [1.29, 1.82) is 0 Å². The van der Waals surface area contributed by atoms with Gasteiger partial charge in [0, 0.05) is 4.90 Å². The monoisotopic (exact) mass is 266 g/mol. The van der Waals surface area contributed by atoms with Crippen LogP contribution in [0.4, 0.5) is 0 Å². The van der Waals surface area contributed by atoms with E-state index in [1.54, 1.807) is 0 Å². The summed E-state index contributed by atoms with van der Waals surface area (Å²) in [4.78, 5) is 1.34. The highest BCUT2D eigenvalue weighted by Crippen LogP contribution is 2.30. The first-order chi connectivity index (χ1) is 8.63. The summed E-state index contributed by atoms with van der Waals surface area (Å²) in [5, 5.41) is 0. The first-order valence-corrected chi connectivity index (χ1v) is 7.75. The summed E-state index contributed by atoms with van der Waals surface area (Å²) in [5.74, 6) is 2.55. The summed E-state index contributed by atoms with van der Waals surface area (Å²) in [6, 6.07) is 8.91. The summed E-state index contributed by atoms with van der Waals surface area (Å²) >= 11 is 1.88. The van der Waals surface area contributed by atoms with E-state index in [1.165, 1.54) is 10.5 Å². The topological polar surface area (TPSA) is 52.0 Å². The Balaban J connectivity index is 2.73. The second kappa shape index (κ2) is 7.82. The molecule has 2 unspecified atom stereocenters. The minimum Gasteiger partial charge on any atom is -0.330 e. The molecule has 0 heterocycles. The van der Waals surface area contributed by atoms with Crippen molar-refractivity contribution in [3.05, 3.63) is 29.8 Å². The Kier molecular flexibility index (Phi) is 6.76. The van der Waals surface area contributed by atoms with Gasteiger partial charge in [0.25, 0.3) is 0 Å². The zero-order valence-corrected chi connectivity index (χ0v) is 12.5. The molecule has 18 heavy (non-hydrogen) atoms. The van der Waals surface area contributed by atoms with Gasteiger partial charge in [-0.15, -0.1) is 11.8 Å². The van der Waals surface area contributed by atoms with Crippen molar-refractivity contribution < 1.29 is 0 Å². The molecule has 0 aliphatic carbocycles. The lowest BCUT2D eigenvalue weighted by Gasteiger charge is -2.27. The molecule has 1 rings (SSSR count). The fourth-order valence-electron chi connectivity index (χ4n) is 2.27. The van der Waals surface area contributed by atoms with Gasteiger partial charge < -0.3 is 11.5 Å². The molecule has 0 spiro atoms. The minimum absolute atomic E-state index is 0.407. The maximum Gasteiger partial charge on any atom is 0.00720 e. The third-order valence-electron chi connectivity index (χ3n) is 3.85. The summed E-state index contributed by atoms with van der Waals surface area (Å²) in [6.07, 6.45) is 0. The van der Waals surface area contributed by atoms with Crippen LogP contribution in [-0.2, 0) is 0 Å². The maximum absolute atomic E-state index is 5.78. The Bertz CT molecular complexity index is 333. The van der Waals surface area contributed by atoms with Gasteiger partial charge in [-0.05, 0) is 54.3 Å². The standard InChI is InChI=1S/C15H26N2S/c1-4-18-15-7-5-13(6-8-15)11(2)12(3)14(9-16)10-17/h5-8,11-12,14H,4,9-10,16-17H2,1-3H3. The van der Waals surface area contributed by atoms with Crippen LogP contribution in [0.3, 0.4) is 0 Å². The Morgan fingerprint density at radius 2 is 1.61 bits per heavy atom. The molecule has 0 bridgehead atoms. The third kappa shape index (κ3) is 4.01. The van der Waals surface area contributed by atoms with Crippen LogP contribution in [0.5, 0.6) is 0 Å². The molecule has 2 nitrogen and oxygen atoms in total. The highest BCUT2D eigenvalue weighted by atomic mass is 32.2. The number of hydrogen-bond acceptors (Lipinski definition) is 3. The van der Waals surface area contributed by atoms with Crippen LogP contribution in [0.25, 0.3) is 0 Å². The minimum atomic E-state index is 0.407. The van der Waals surface area contributed by atoms with E-state index < -0.39 is 0 Å². The van der Waals surface area contributed by atoms with Crippen molar-refractivity contribution in [2.45, 2.75) is 31.6 Å². The number of hydrogen-bond donors (Lipinski definition) is 2. The molecular weight excluding hydrogens is 240 g/mol. The number of nitrogens with two attached hydrogens (primary N) is 2. The molecule has 0 saturated carbocycles. The molecule has 0 aromatic heterocycles. The molecule has 1 aromatic rings. The maximum atomic E-state index is 5.78. The zero-order chi connectivity index (χ0) is 13.5. The quantitative estimate of drug-likeness (QED) is 0.746. The van der Waals surface area contributed by atoms with Gasteiger partial charge in [-0.3, -0.25) is 0 Å². The second-order valence-electron chi connectivity index (χ2n) is 4.88. The van der Waals surface area contributed by atoms with Crippen LogP contribution in [0.2, 0.25) is 0 Å². The fourth-order valence-corrected chi connectivity index (χ4v) is 2.93. The lowest BCUT2D eigenvalue weighted by Crippen LogP contribution is -2.31. The molecule has 0 saturated heterocycles. The molecule has 1 aromatic carbocycles. The lowest BCUT2D eigenvalue weighted by atomic mass is 9.80. The molecular formula is C15H26N2S. The van der Waals surface area contributed by atoms with Crippen LogP contribution in [0.15, 0.2) is 29.2 Å². The average Bonchev–Trinajstić information content (AvgIpc) is 2.40. The van der Waals surface area contributed by atoms with Gasteiger partial charge in [-0.1, -0.05) is 32.9 Å². The Morgan fingerprint density at radius 3 is 2.06 bits per heavy atom. The Labute approximate surface area is 116 Å². The van der Waals surface area contributed by atoms with E-state index in [4.69, 9.17) is 11.5 Å². The van der Waals surface area contributed by atoms with Crippen LogP contribution in [-0.4, -0.2) is 18.8 Å². The van der Waals surface area contributed by atoms with Crippen molar-refractivity contribution in [1.82, 2.24) is 0 Å². The predicted molar refractivity (Wildman–Crippen MR) is 82.0 cm³/mol. The molecule has 0 amide bonds. The predicted octanol–water partition coefficient (Wildman–Crippen LogP) is 3.07. The van der Waals surface area contributed by atoms with E-state index in [9.17, 15) is 0 Å². The molecule has 0 fully saturated rings. The van der Waals surface area contributed by atoms with Crippen molar-refractivity contribution in [3.63, 3.8) is 0 Å². The zero-order valence-electron chi connectivity index (χ0n) is 11.7. The molecule has 0 aliphatic rings. The SMILES string of the molecule is CCSc1ccc(C(C)C(C)C(CN)CN)cc1. The summed E-state index contributed by atoms with van der Waals surface area (Å²) in [7, 11) is 0. The van der Waals surface area contributed by atoms with Crippen LogP contribution < -0.4 is 11.5 Å². The van der Waals surface area contributed by atoms with E-state index in [0.717, 1.165) is 5.75 Å². The molecule has 3 heteroatoms. The molecule has 102 valence electrons. The van der Waals surface area contributed by atoms with Crippen molar-refractivity contribution >= 4 is 11.8 Å². The van der Waals surface area contributed by atoms with Gasteiger partial charge >= 0.3 is 0 Å². The summed E-state index contributed by atoms with van der Waals surface area (Å²) < 4.78 is 0. The first-order valence-electron chi connectivity index (χ1n) is 6.76. The van der Waals surface area contributed by atoms with Gasteiger partial charge in [0.05, 0.1) is 0 Å². The smallest absolute Gasteiger partial charge is 0.00720 e.